The Morgan fingerprint density at radius 3 is 2.35 bits per heavy atom. The van der Waals surface area contributed by atoms with Crippen LogP contribution < -0.4 is 20.2 Å². The van der Waals surface area contributed by atoms with E-state index in [2.05, 4.69) is 31.8 Å². The zero-order valence-electron chi connectivity index (χ0n) is 16.9. The summed E-state index contributed by atoms with van der Waals surface area (Å²) in [5.41, 5.74) is 4.50. The van der Waals surface area contributed by atoms with E-state index in [-0.39, 0.29) is 5.91 Å². The molecule has 8 heteroatoms. The molecule has 158 valence electrons. The number of hydrazone groups is 1. The van der Waals surface area contributed by atoms with Crippen molar-refractivity contribution in [2.24, 2.45) is 5.10 Å². The lowest BCUT2D eigenvalue weighted by Crippen LogP contribution is -2.18. The Morgan fingerprint density at radius 2 is 1.65 bits per heavy atom. The number of anilines is 1. The fourth-order valence-corrected chi connectivity index (χ4v) is 3.12. The van der Waals surface area contributed by atoms with Gasteiger partial charge in [0.1, 0.15) is 11.5 Å². The van der Waals surface area contributed by atoms with Gasteiger partial charge in [-0.3, -0.25) is 9.59 Å². The third-order valence-electron chi connectivity index (χ3n) is 4.28. The molecule has 0 atom stereocenters. The van der Waals surface area contributed by atoms with Crippen molar-refractivity contribution in [3.05, 3.63) is 87.9 Å². The van der Waals surface area contributed by atoms with Crippen molar-refractivity contribution in [1.29, 1.82) is 0 Å². The molecule has 0 unspecified atom stereocenters. The third-order valence-corrected chi connectivity index (χ3v) is 4.77. The molecule has 7 nitrogen and oxygen atoms in total. The second-order valence-electron chi connectivity index (χ2n) is 6.35. The minimum absolute atomic E-state index is 0.275. The van der Waals surface area contributed by atoms with Gasteiger partial charge in [-0.1, -0.05) is 28.1 Å². The summed E-state index contributed by atoms with van der Waals surface area (Å²) >= 11 is 3.34. The Labute approximate surface area is 188 Å². The number of ether oxygens (including phenoxy) is 2. The second kappa shape index (κ2) is 10.4. The Balaban J connectivity index is 1.66. The van der Waals surface area contributed by atoms with Gasteiger partial charge >= 0.3 is 0 Å². The summed E-state index contributed by atoms with van der Waals surface area (Å²) in [7, 11) is 3.11. The molecule has 0 bridgehead atoms. The molecule has 3 aromatic carbocycles. The number of amides is 2. The Hall–Kier alpha value is -3.65. The summed E-state index contributed by atoms with van der Waals surface area (Å²) in [6, 6.07) is 18.9. The predicted molar refractivity (Wildman–Crippen MR) is 123 cm³/mol. The Kier molecular flexibility index (Phi) is 7.40. The van der Waals surface area contributed by atoms with Crippen LogP contribution in [0.25, 0.3) is 0 Å². The zero-order valence-corrected chi connectivity index (χ0v) is 18.5. The molecule has 0 aromatic heterocycles. The summed E-state index contributed by atoms with van der Waals surface area (Å²) in [5.74, 6) is 0.528. The lowest BCUT2D eigenvalue weighted by molar-refractivity contribution is 0.0953. The molecule has 3 rings (SSSR count). The van der Waals surface area contributed by atoms with Gasteiger partial charge in [-0.2, -0.15) is 5.10 Å². The summed E-state index contributed by atoms with van der Waals surface area (Å²) in [4.78, 5) is 24.9. The van der Waals surface area contributed by atoms with Crippen molar-refractivity contribution in [3.63, 3.8) is 0 Å². The van der Waals surface area contributed by atoms with Crippen LogP contribution in [0, 0.1) is 0 Å². The SMILES string of the molecule is COc1ccc(/C=N\NC(=O)c2cccc(NC(=O)c3cccc(Br)c3)c2)c(OC)c1. The molecular formula is C23H20BrN3O4. The molecule has 0 aliphatic rings. The van der Waals surface area contributed by atoms with Gasteiger partial charge < -0.3 is 14.8 Å². The van der Waals surface area contributed by atoms with E-state index in [0.717, 1.165) is 4.47 Å². The number of carbonyl (C=O) groups is 2. The minimum atomic E-state index is -0.415. The van der Waals surface area contributed by atoms with Gasteiger partial charge in [-0.15, -0.1) is 0 Å². The van der Waals surface area contributed by atoms with Gasteiger partial charge in [0, 0.05) is 32.9 Å². The molecule has 3 aromatic rings. The van der Waals surface area contributed by atoms with Gasteiger partial charge in [-0.25, -0.2) is 5.43 Å². The molecule has 0 spiro atoms. The molecule has 2 amide bonds. The van der Waals surface area contributed by atoms with E-state index in [1.807, 2.05) is 6.07 Å². The maximum absolute atomic E-state index is 12.4. The Morgan fingerprint density at radius 1 is 0.903 bits per heavy atom. The average Bonchev–Trinajstić information content (AvgIpc) is 2.79. The number of halogens is 1. The minimum Gasteiger partial charge on any atom is -0.497 e. The van der Waals surface area contributed by atoms with Crippen LogP contribution in [0.15, 0.2) is 76.3 Å². The lowest BCUT2D eigenvalue weighted by atomic mass is 10.1. The maximum Gasteiger partial charge on any atom is 0.271 e. The van der Waals surface area contributed by atoms with E-state index < -0.39 is 5.91 Å². The first-order chi connectivity index (χ1) is 15.0. The smallest absolute Gasteiger partial charge is 0.271 e. The molecule has 0 radical (unpaired) electrons. The van der Waals surface area contributed by atoms with Crippen LogP contribution in [0.4, 0.5) is 5.69 Å². The summed E-state index contributed by atoms with van der Waals surface area (Å²) in [6.45, 7) is 0. The number of methoxy groups -OCH3 is 2. The fraction of sp³-hybridized carbons (Fsp3) is 0.0870. The summed E-state index contributed by atoms with van der Waals surface area (Å²) in [6.07, 6.45) is 1.48. The summed E-state index contributed by atoms with van der Waals surface area (Å²) in [5, 5.41) is 6.77. The zero-order chi connectivity index (χ0) is 22.2. The second-order valence-corrected chi connectivity index (χ2v) is 7.27. The standard InChI is InChI=1S/C23H20BrN3O4/c1-30-20-10-9-17(21(13-20)31-2)14-25-27-23(29)16-6-4-8-19(12-16)26-22(28)15-5-3-7-18(24)11-15/h3-14H,1-2H3,(H,26,28)(H,27,29)/b25-14-. The molecule has 0 saturated carbocycles. The fourth-order valence-electron chi connectivity index (χ4n) is 2.72. The van der Waals surface area contributed by atoms with Crippen LogP contribution in [0.1, 0.15) is 26.3 Å². The largest absolute Gasteiger partial charge is 0.497 e. The highest BCUT2D eigenvalue weighted by atomic mass is 79.9. The van der Waals surface area contributed by atoms with Crippen LogP contribution in [0.2, 0.25) is 0 Å². The molecule has 0 saturated heterocycles. The first-order valence-corrected chi connectivity index (χ1v) is 10.0. The third kappa shape index (κ3) is 5.93. The van der Waals surface area contributed by atoms with Gasteiger partial charge in [0.25, 0.3) is 11.8 Å². The van der Waals surface area contributed by atoms with Crippen LogP contribution in [-0.4, -0.2) is 32.2 Å². The van der Waals surface area contributed by atoms with Crippen LogP contribution >= 0.6 is 15.9 Å². The molecule has 0 aliphatic carbocycles. The monoisotopic (exact) mass is 481 g/mol. The normalized spacial score (nSPS) is 10.5. The number of carbonyl (C=O) groups excluding carboxylic acids is 2. The number of nitrogens with one attached hydrogen (secondary N) is 2. The van der Waals surface area contributed by atoms with E-state index in [1.54, 1.807) is 74.9 Å². The van der Waals surface area contributed by atoms with Crippen LogP contribution in [0.3, 0.4) is 0 Å². The van der Waals surface area contributed by atoms with Crippen molar-refractivity contribution >= 4 is 39.6 Å². The highest BCUT2D eigenvalue weighted by molar-refractivity contribution is 9.10. The van der Waals surface area contributed by atoms with E-state index in [0.29, 0.717) is 33.9 Å². The lowest BCUT2D eigenvalue weighted by Gasteiger charge is -2.08. The van der Waals surface area contributed by atoms with Gasteiger partial charge in [-0.05, 0) is 48.5 Å². The first-order valence-electron chi connectivity index (χ1n) is 9.22. The summed E-state index contributed by atoms with van der Waals surface area (Å²) < 4.78 is 11.3. The van der Waals surface area contributed by atoms with Crippen molar-refractivity contribution in [2.75, 3.05) is 19.5 Å². The number of hydrogen-bond donors (Lipinski definition) is 2. The van der Waals surface area contributed by atoms with E-state index >= 15 is 0 Å². The van der Waals surface area contributed by atoms with Gasteiger partial charge in [0.15, 0.2) is 0 Å². The van der Waals surface area contributed by atoms with E-state index in [1.165, 1.54) is 6.21 Å². The van der Waals surface area contributed by atoms with Crippen molar-refractivity contribution in [3.8, 4) is 11.5 Å². The number of hydrogen-bond acceptors (Lipinski definition) is 5. The molecule has 31 heavy (non-hydrogen) atoms. The predicted octanol–water partition coefficient (Wildman–Crippen LogP) is 4.48. The van der Waals surface area contributed by atoms with Gasteiger partial charge in [0.2, 0.25) is 0 Å². The number of benzene rings is 3. The molecule has 2 N–H and O–H groups in total. The topological polar surface area (TPSA) is 89.0 Å². The Bertz CT molecular complexity index is 1130. The van der Waals surface area contributed by atoms with Crippen molar-refractivity contribution < 1.29 is 19.1 Å². The van der Waals surface area contributed by atoms with Crippen molar-refractivity contribution in [1.82, 2.24) is 5.43 Å². The first kappa shape index (κ1) is 22.0. The number of rotatable bonds is 7. The van der Waals surface area contributed by atoms with E-state index in [9.17, 15) is 9.59 Å². The molecule has 0 heterocycles. The van der Waals surface area contributed by atoms with Gasteiger partial charge in [0.05, 0.1) is 20.4 Å². The molecule has 0 fully saturated rings. The molecule has 0 aliphatic heterocycles. The maximum atomic E-state index is 12.4. The van der Waals surface area contributed by atoms with Crippen molar-refractivity contribution in [2.45, 2.75) is 0 Å². The highest BCUT2D eigenvalue weighted by Crippen LogP contribution is 2.23. The highest BCUT2D eigenvalue weighted by Gasteiger charge is 2.10. The number of nitrogens with zero attached hydrogens (tertiary/aromatic N) is 1. The quantitative estimate of drug-likeness (QED) is 0.384. The molecular weight excluding hydrogens is 462 g/mol. The van der Waals surface area contributed by atoms with E-state index in [4.69, 9.17) is 9.47 Å². The van der Waals surface area contributed by atoms with Crippen LogP contribution in [-0.2, 0) is 0 Å². The van der Waals surface area contributed by atoms with Crippen LogP contribution in [0.5, 0.6) is 11.5 Å². The average molecular weight is 482 g/mol.